The van der Waals surface area contributed by atoms with Gasteiger partial charge in [0, 0.05) is 13.2 Å². The normalized spacial score (nSPS) is 11.8. The third kappa shape index (κ3) is 3.11. The number of ether oxygens (including phenoxy) is 1. The van der Waals surface area contributed by atoms with Gasteiger partial charge in [0.1, 0.15) is 11.9 Å². The summed E-state index contributed by atoms with van der Waals surface area (Å²) in [6.45, 7) is 2.54. The number of nitrogens with one attached hydrogen (secondary N) is 1. The molecule has 0 amide bonds. The largest absolute Gasteiger partial charge is 0.396 e. The summed E-state index contributed by atoms with van der Waals surface area (Å²) in [5, 5.41) is 11.8. The van der Waals surface area contributed by atoms with E-state index in [9.17, 15) is 0 Å². The van der Waals surface area contributed by atoms with Crippen LogP contribution in [-0.4, -0.2) is 24.7 Å². The van der Waals surface area contributed by atoms with Crippen molar-refractivity contribution in [2.45, 2.75) is 13.0 Å². The standard InChI is InChI=1S/C10H14N4O/c1-7(6-15-2)13-10-4-3-8(12)9(5-11)14-10/h3-4,7H,6,12H2,1-2H3,(H,13,14). The third-order valence-corrected chi connectivity index (χ3v) is 1.84. The van der Waals surface area contributed by atoms with Crippen molar-refractivity contribution >= 4 is 11.5 Å². The molecule has 0 aromatic carbocycles. The highest BCUT2D eigenvalue weighted by atomic mass is 16.5. The molecule has 1 heterocycles. The zero-order valence-electron chi connectivity index (χ0n) is 8.82. The first-order chi connectivity index (χ1) is 7.17. The predicted octanol–water partition coefficient (Wildman–Crippen LogP) is 0.982. The van der Waals surface area contributed by atoms with E-state index in [1.54, 1.807) is 19.2 Å². The number of hydrogen-bond donors (Lipinski definition) is 2. The van der Waals surface area contributed by atoms with E-state index in [0.29, 0.717) is 18.1 Å². The van der Waals surface area contributed by atoms with Gasteiger partial charge in [-0.2, -0.15) is 5.26 Å². The van der Waals surface area contributed by atoms with Gasteiger partial charge in [-0.3, -0.25) is 0 Å². The molecule has 80 valence electrons. The molecule has 0 fully saturated rings. The molecule has 5 nitrogen and oxygen atoms in total. The van der Waals surface area contributed by atoms with Gasteiger partial charge < -0.3 is 15.8 Å². The molecule has 3 N–H and O–H groups in total. The fourth-order valence-electron chi connectivity index (χ4n) is 1.18. The van der Waals surface area contributed by atoms with Crippen molar-refractivity contribution in [1.29, 1.82) is 5.26 Å². The predicted molar refractivity (Wildman–Crippen MR) is 58.3 cm³/mol. The van der Waals surface area contributed by atoms with Gasteiger partial charge in [-0.1, -0.05) is 0 Å². The van der Waals surface area contributed by atoms with E-state index in [0.717, 1.165) is 0 Å². The number of nitriles is 1. The van der Waals surface area contributed by atoms with Gasteiger partial charge in [-0.05, 0) is 19.1 Å². The number of aromatic nitrogens is 1. The van der Waals surface area contributed by atoms with Gasteiger partial charge in [0.25, 0.3) is 0 Å². The molecule has 0 aliphatic carbocycles. The molecule has 0 saturated heterocycles. The quantitative estimate of drug-likeness (QED) is 0.767. The molecule has 1 rings (SSSR count). The second kappa shape index (κ2) is 5.17. The van der Waals surface area contributed by atoms with Crippen LogP contribution in [0.1, 0.15) is 12.6 Å². The lowest BCUT2D eigenvalue weighted by Gasteiger charge is -2.13. The molecular weight excluding hydrogens is 192 g/mol. The molecule has 5 heteroatoms. The summed E-state index contributed by atoms with van der Waals surface area (Å²) >= 11 is 0. The third-order valence-electron chi connectivity index (χ3n) is 1.84. The Morgan fingerprint density at radius 1 is 1.67 bits per heavy atom. The zero-order valence-corrected chi connectivity index (χ0v) is 8.82. The van der Waals surface area contributed by atoms with Crippen LogP contribution in [0.4, 0.5) is 11.5 Å². The number of hydrogen-bond acceptors (Lipinski definition) is 5. The Morgan fingerprint density at radius 3 is 3.00 bits per heavy atom. The molecule has 0 spiro atoms. The van der Waals surface area contributed by atoms with E-state index < -0.39 is 0 Å². The number of nitrogens with zero attached hydrogens (tertiary/aromatic N) is 2. The smallest absolute Gasteiger partial charge is 0.165 e. The Labute approximate surface area is 88.9 Å². The molecule has 0 aliphatic rings. The van der Waals surface area contributed by atoms with Crippen molar-refractivity contribution in [3.05, 3.63) is 17.8 Å². The molecule has 1 aromatic rings. The Morgan fingerprint density at radius 2 is 2.40 bits per heavy atom. The minimum Gasteiger partial charge on any atom is -0.396 e. The summed E-state index contributed by atoms with van der Waals surface area (Å²) in [6.07, 6.45) is 0. The molecule has 0 saturated carbocycles. The highest BCUT2D eigenvalue weighted by molar-refractivity contribution is 5.54. The highest BCUT2D eigenvalue weighted by Gasteiger charge is 2.05. The molecule has 0 aliphatic heterocycles. The van der Waals surface area contributed by atoms with Crippen molar-refractivity contribution in [2.24, 2.45) is 0 Å². The summed E-state index contributed by atoms with van der Waals surface area (Å²) in [6, 6.07) is 5.47. The molecule has 1 unspecified atom stereocenters. The zero-order chi connectivity index (χ0) is 11.3. The summed E-state index contributed by atoms with van der Waals surface area (Å²) in [4.78, 5) is 4.06. The molecule has 15 heavy (non-hydrogen) atoms. The van der Waals surface area contributed by atoms with Crippen molar-refractivity contribution in [3.8, 4) is 6.07 Å². The maximum Gasteiger partial charge on any atom is 0.165 e. The van der Waals surface area contributed by atoms with Crippen LogP contribution in [0.5, 0.6) is 0 Å². The van der Waals surface area contributed by atoms with Crippen LogP contribution in [0.25, 0.3) is 0 Å². The Kier molecular flexibility index (Phi) is 3.89. The fourth-order valence-corrected chi connectivity index (χ4v) is 1.18. The average molecular weight is 206 g/mol. The van der Waals surface area contributed by atoms with Crippen LogP contribution < -0.4 is 11.1 Å². The average Bonchev–Trinajstić information content (AvgIpc) is 2.21. The molecule has 1 atom stereocenters. The number of methoxy groups -OCH3 is 1. The summed E-state index contributed by atoms with van der Waals surface area (Å²) in [5.74, 6) is 0.630. The van der Waals surface area contributed by atoms with Crippen molar-refractivity contribution in [1.82, 2.24) is 4.98 Å². The second-order valence-corrected chi connectivity index (χ2v) is 3.25. The van der Waals surface area contributed by atoms with Gasteiger partial charge in [-0.25, -0.2) is 4.98 Å². The van der Waals surface area contributed by atoms with E-state index in [2.05, 4.69) is 10.3 Å². The van der Waals surface area contributed by atoms with Gasteiger partial charge in [0.2, 0.25) is 0 Å². The van der Waals surface area contributed by atoms with Gasteiger partial charge in [0.15, 0.2) is 5.69 Å². The van der Waals surface area contributed by atoms with E-state index in [1.165, 1.54) is 0 Å². The number of rotatable bonds is 4. The monoisotopic (exact) mass is 206 g/mol. The van der Waals surface area contributed by atoms with Crippen LogP contribution in [0.15, 0.2) is 12.1 Å². The van der Waals surface area contributed by atoms with E-state index >= 15 is 0 Å². The first kappa shape index (κ1) is 11.3. The first-order valence-electron chi connectivity index (χ1n) is 4.59. The van der Waals surface area contributed by atoms with Crippen LogP contribution in [0.3, 0.4) is 0 Å². The minimum atomic E-state index is 0.137. The lowest BCUT2D eigenvalue weighted by molar-refractivity contribution is 0.190. The lowest BCUT2D eigenvalue weighted by Crippen LogP contribution is -2.21. The second-order valence-electron chi connectivity index (χ2n) is 3.25. The van der Waals surface area contributed by atoms with Crippen molar-refractivity contribution in [2.75, 3.05) is 24.8 Å². The van der Waals surface area contributed by atoms with Gasteiger partial charge in [-0.15, -0.1) is 0 Å². The SMILES string of the molecule is COCC(C)Nc1ccc(N)c(C#N)n1. The van der Waals surface area contributed by atoms with Crippen LogP contribution in [0.2, 0.25) is 0 Å². The number of pyridine rings is 1. The van der Waals surface area contributed by atoms with E-state index in [4.69, 9.17) is 15.7 Å². The maximum absolute atomic E-state index is 8.74. The van der Waals surface area contributed by atoms with Crippen LogP contribution in [0, 0.1) is 11.3 Å². The Hall–Kier alpha value is -1.80. The first-order valence-corrected chi connectivity index (χ1v) is 4.59. The summed E-state index contributed by atoms with van der Waals surface area (Å²) < 4.78 is 4.98. The van der Waals surface area contributed by atoms with Gasteiger partial charge in [0.05, 0.1) is 12.3 Å². The fraction of sp³-hybridized carbons (Fsp3) is 0.400. The van der Waals surface area contributed by atoms with Crippen LogP contribution >= 0.6 is 0 Å². The Bertz CT molecular complexity index is 372. The maximum atomic E-state index is 8.74. The van der Waals surface area contributed by atoms with Gasteiger partial charge >= 0.3 is 0 Å². The number of nitrogens with two attached hydrogens (primary N) is 1. The lowest BCUT2D eigenvalue weighted by atomic mass is 10.3. The van der Waals surface area contributed by atoms with Crippen molar-refractivity contribution < 1.29 is 4.74 Å². The molecule has 1 aromatic heterocycles. The number of anilines is 2. The topological polar surface area (TPSA) is 84.0 Å². The van der Waals surface area contributed by atoms with Crippen LogP contribution in [-0.2, 0) is 4.74 Å². The molecule has 0 bridgehead atoms. The summed E-state index contributed by atoms with van der Waals surface area (Å²) in [5.41, 5.74) is 6.18. The molecular formula is C10H14N4O. The highest BCUT2D eigenvalue weighted by Crippen LogP contribution is 2.12. The van der Waals surface area contributed by atoms with E-state index in [1.807, 2.05) is 13.0 Å². The van der Waals surface area contributed by atoms with Crippen molar-refractivity contribution in [3.63, 3.8) is 0 Å². The van der Waals surface area contributed by atoms with E-state index in [-0.39, 0.29) is 11.7 Å². The minimum absolute atomic E-state index is 0.137. The molecule has 0 radical (unpaired) electrons. The summed E-state index contributed by atoms with van der Waals surface area (Å²) in [7, 11) is 1.63. The number of nitrogen functional groups attached to an aromatic ring is 1. The Balaban J connectivity index is 2.75.